The molecule has 3 fully saturated rings. The highest BCUT2D eigenvalue weighted by Gasteiger charge is 2.52. The Hall–Kier alpha value is -2.98. The Morgan fingerprint density at radius 3 is 2.17 bits per heavy atom. The molecule has 1 aromatic carbocycles. The van der Waals surface area contributed by atoms with Crippen molar-refractivity contribution in [1.82, 2.24) is 20.0 Å². The van der Waals surface area contributed by atoms with Crippen molar-refractivity contribution in [3.8, 4) is 0 Å². The molecule has 41 heavy (non-hydrogen) atoms. The van der Waals surface area contributed by atoms with Crippen LogP contribution in [0.4, 0.5) is 5.69 Å². The SMILES string of the molecule is CC(C)CCC(O)C(=O)N1CC(=O)C2C1CCN2C(=O)C(CC(C)C)NC(=O)c1ccc(N2CCN(C)CC2)cc1. The molecular formula is C31H47N5O5. The first kappa shape index (κ1) is 31.0. The number of anilines is 1. The number of carbonyl (C=O) groups excluding carboxylic acids is 4. The highest BCUT2D eigenvalue weighted by molar-refractivity contribution is 6.01. The summed E-state index contributed by atoms with van der Waals surface area (Å²) in [5.74, 6) is -0.764. The minimum Gasteiger partial charge on any atom is -0.383 e. The van der Waals surface area contributed by atoms with Gasteiger partial charge >= 0.3 is 0 Å². The predicted molar refractivity (Wildman–Crippen MR) is 158 cm³/mol. The lowest BCUT2D eigenvalue weighted by Gasteiger charge is -2.34. The Balaban J connectivity index is 1.42. The lowest BCUT2D eigenvalue weighted by Crippen LogP contribution is -2.53. The van der Waals surface area contributed by atoms with Gasteiger partial charge in [0, 0.05) is 44.0 Å². The van der Waals surface area contributed by atoms with Crippen molar-refractivity contribution in [3.63, 3.8) is 0 Å². The Kier molecular flexibility index (Phi) is 10.1. The molecule has 3 heterocycles. The Bertz CT molecular complexity index is 1100. The second-order valence-electron chi connectivity index (χ2n) is 12.7. The monoisotopic (exact) mass is 569 g/mol. The summed E-state index contributed by atoms with van der Waals surface area (Å²) in [5, 5.41) is 13.4. The number of fused-ring (bicyclic) bond motifs is 1. The van der Waals surface area contributed by atoms with Gasteiger partial charge in [0.05, 0.1) is 12.6 Å². The molecule has 3 saturated heterocycles. The zero-order valence-corrected chi connectivity index (χ0v) is 25.2. The zero-order valence-electron chi connectivity index (χ0n) is 25.2. The van der Waals surface area contributed by atoms with Crippen molar-refractivity contribution in [2.24, 2.45) is 11.8 Å². The standard InChI is InChI=1S/C31H47N5O5/c1-20(2)6-11-26(37)31(41)36-19-27(38)28-25(36)12-13-35(28)30(40)24(18-21(3)4)32-29(39)22-7-9-23(10-8-22)34-16-14-33(5)15-17-34/h7-10,20-21,24-26,28,37H,6,11-19H2,1-5H3,(H,32,39). The topological polar surface area (TPSA) is 114 Å². The first-order valence-corrected chi connectivity index (χ1v) is 15.1. The average molecular weight is 570 g/mol. The molecule has 0 aromatic heterocycles. The van der Waals surface area contributed by atoms with Crippen LogP contribution in [-0.2, 0) is 14.4 Å². The minimum absolute atomic E-state index is 0.0997. The maximum atomic E-state index is 13.8. The molecule has 3 aliphatic rings. The van der Waals surface area contributed by atoms with Crippen LogP contribution in [0.15, 0.2) is 24.3 Å². The van der Waals surface area contributed by atoms with Crippen molar-refractivity contribution in [3.05, 3.63) is 29.8 Å². The highest BCUT2D eigenvalue weighted by atomic mass is 16.3. The number of aliphatic hydroxyl groups excluding tert-OH is 1. The number of aliphatic hydroxyl groups is 1. The fraction of sp³-hybridized carbons (Fsp3) is 0.677. The number of hydrogen-bond acceptors (Lipinski definition) is 7. The van der Waals surface area contributed by atoms with Gasteiger partial charge in [-0.3, -0.25) is 19.2 Å². The molecule has 10 nitrogen and oxygen atoms in total. The van der Waals surface area contributed by atoms with Gasteiger partial charge in [-0.1, -0.05) is 27.7 Å². The summed E-state index contributed by atoms with van der Waals surface area (Å²) < 4.78 is 0. The third kappa shape index (κ3) is 7.27. The molecule has 0 saturated carbocycles. The van der Waals surface area contributed by atoms with Gasteiger partial charge in [0.15, 0.2) is 5.78 Å². The zero-order chi connectivity index (χ0) is 29.8. The average Bonchev–Trinajstić information content (AvgIpc) is 3.52. The molecule has 0 radical (unpaired) electrons. The normalized spacial score (nSPS) is 22.8. The molecule has 0 aliphatic carbocycles. The van der Waals surface area contributed by atoms with Crippen LogP contribution >= 0.6 is 0 Å². The third-order valence-electron chi connectivity index (χ3n) is 8.60. The van der Waals surface area contributed by atoms with Crippen LogP contribution in [0, 0.1) is 11.8 Å². The molecule has 3 aliphatic heterocycles. The maximum Gasteiger partial charge on any atom is 0.252 e. The number of benzene rings is 1. The number of likely N-dealkylation sites (tertiary alicyclic amines) is 2. The minimum atomic E-state index is -1.15. The number of hydrogen-bond donors (Lipinski definition) is 2. The first-order chi connectivity index (χ1) is 19.5. The molecule has 1 aromatic rings. The molecule has 226 valence electrons. The summed E-state index contributed by atoms with van der Waals surface area (Å²) in [6, 6.07) is 5.52. The van der Waals surface area contributed by atoms with E-state index in [1.165, 1.54) is 4.90 Å². The molecule has 3 amide bonds. The van der Waals surface area contributed by atoms with Crippen molar-refractivity contribution >= 4 is 29.2 Å². The van der Waals surface area contributed by atoms with Crippen LogP contribution in [0.25, 0.3) is 0 Å². The number of Topliss-reactive ketones (excluding diaryl/α,β-unsaturated/α-hetero) is 1. The molecule has 10 heteroatoms. The van der Waals surface area contributed by atoms with Gasteiger partial charge in [0.1, 0.15) is 18.2 Å². The van der Waals surface area contributed by atoms with Crippen LogP contribution < -0.4 is 10.2 Å². The maximum absolute atomic E-state index is 13.8. The first-order valence-electron chi connectivity index (χ1n) is 15.1. The smallest absolute Gasteiger partial charge is 0.252 e. The summed E-state index contributed by atoms with van der Waals surface area (Å²) in [7, 11) is 2.11. The Morgan fingerprint density at radius 2 is 1.56 bits per heavy atom. The fourth-order valence-electron chi connectivity index (χ4n) is 6.19. The lowest BCUT2D eigenvalue weighted by molar-refractivity contribution is -0.142. The number of ketones is 1. The largest absolute Gasteiger partial charge is 0.383 e. The van der Waals surface area contributed by atoms with Gasteiger partial charge in [-0.2, -0.15) is 0 Å². The summed E-state index contributed by atoms with van der Waals surface area (Å²) >= 11 is 0. The van der Waals surface area contributed by atoms with E-state index in [-0.39, 0.29) is 30.1 Å². The third-order valence-corrected chi connectivity index (χ3v) is 8.60. The van der Waals surface area contributed by atoms with E-state index in [1.807, 2.05) is 39.8 Å². The van der Waals surface area contributed by atoms with Crippen LogP contribution in [-0.4, -0.2) is 114 Å². The number of piperazine rings is 1. The summed E-state index contributed by atoms with van der Waals surface area (Å²) in [4.78, 5) is 60.7. The summed E-state index contributed by atoms with van der Waals surface area (Å²) in [6.45, 7) is 12.1. The quantitative estimate of drug-likeness (QED) is 0.442. The van der Waals surface area contributed by atoms with Crippen LogP contribution in [0.5, 0.6) is 0 Å². The number of amides is 3. The molecule has 0 bridgehead atoms. The van der Waals surface area contributed by atoms with Gasteiger partial charge in [-0.05, 0) is 68.8 Å². The highest BCUT2D eigenvalue weighted by Crippen LogP contribution is 2.31. The van der Waals surface area contributed by atoms with Crippen LogP contribution in [0.2, 0.25) is 0 Å². The van der Waals surface area contributed by atoms with Crippen LogP contribution in [0.1, 0.15) is 63.7 Å². The van der Waals surface area contributed by atoms with Crippen molar-refractivity contribution in [2.45, 2.75) is 77.6 Å². The van der Waals surface area contributed by atoms with E-state index in [9.17, 15) is 24.3 Å². The van der Waals surface area contributed by atoms with Gasteiger partial charge in [0.2, 0.25) is 5.91 Å². The van der Waals surface area contributed by atoms with Crippen molar-refractivity contribution in [1.29, 1.82) is 0 Å². The van der Waals surface area contributed by atoms with Gasteiger partial charge < -0.3 is 30.0 Å². The molecule has 4 rings (SSSR count). The van der Waals surface area contributed by atoms with E-state index >= 15 is 0 Å². The number of rotatable bonds is 10. The predicted octanol–water partition coefficient (Wildman–Crippen LogP) is 1.76. The number of carbonyl (C=O) groups is 4. The second kappa shape index (κ2) is 13.3. The summed E-state index contributed by atoms with van der Waals surface area (Å²) in [5.41, 5.74) is 1.55. The molecular weight excluding hydrogens is 522 g/mol. The Morgan fingerprint density at radius 1 is 0.902 bits per heavy atom. The van der Waals surface area contributed by atoms with E-state index in [2.05, 4.69) is 22.2 Å². The Labute approximate surface area is 244 Å². The van der Waals surface area contributed by atoms with E-state index in [4.69, 9.17) is 0 Å². The number of nitrogens with one attached hydrogen (secondary N) is 1. The molecule has 4 atom stereocenters. The molecule has 4 unspecified atom stereocenters. The van der Waals surface area contributed by atoms with Crippen LogP contribution in [0.3, 0.4) is 0 Å². The summed E-state index contributed by atoms with van der Waals surface area (Å²) in [6.07, 6.45) is 0.816. The van der Waals surface area contributed by atoms with Crippen molar-refractivity contribution < 1.29 is 24.3 Å². The van der Waals surface area contributed by atoms with Gasteiger partial charge in [0.25, 0.3) is 11.8 Å². The van der Waals surface area contributed by atoms with E-state index in [1.54, 1.807) is 17.0 Å². The van der Waals surface area contributed by atoms with E-state index in [0.717, 1.165) is 31.9 Å². The van der Waals surface area contributed by atoms with E-state index < -0.39 is 30.1 Å². The van der Waals surface area contributed by atoms with Gasteiger partial charge in [-0.15, -0.1) is 0 Å². The number of likely N-dealkylation sites (N-methyl/N-ethyl adjacent to an activating group) is 1. The fourth-order valence-corrected chi connectivity index (χ4v) is 6.19. The lowest BCUT2D eigenvalue weighted by atomic mass is 10.0. The number of nitrogens with zero attached hydrogens (tertiary/aromatic N) is 4. The second-order valence-corrected chi connectivity index (χ2v) is 12.7. The molecule has 2 N–H and O–H groups in total. The van der Waals surface area contributed by atoms with E-state index in [0.29, 0.717) is 43.7 Å². The molecule has 0 spiro atoms. The van der Waals surface area contributed by atoms with Gasteiger partial charge in [-0.25, -0.2) is 0 Å². The van der Waals surface area contributed by atoms with Crippen molar-refractivity contribution in [2.75, 3.05) is 51.2 Å².